The smallest absolute Gasteiger partial charge is 0.230 e. The van der Waals surface area contributed by atoms with Crippen molar-refractivity contribution >= 4 is 6.21 Å². The fourth-order valence-corrected chi connectivity index (χ4v) is 2.15. The van der Waals surface area contributed by atoms with Gasteiger partial charge in [0, 0.05) is 47.9 Å². The summed E-state index contributed by atoms with van der Waals surface area (Å²) >= 11 is 0. The second-order valence-corrected chi connectivity index (χ2v) is 4.73. The molecule has 9 heteroatoms. The second-order valence-electron chi connectivity index (χ2n) is 4.73. The number of aromatic hydroxyl groups is 1. The maximum atomic E-state index is 11.1. The van der Waals surface area contributed by atoms with Crippen LogP contribution in [0.1, 0.15) is 5.56 Å². The topological polar surface area (TPSA) is 97.7 Å². The van der Waals surface area contributed by atoms with Crippen molar-refractivity contribution in [3.05, 3.63) is 35.0 Å². The number of hydrogen-bond acceptors (Lipinski definition) is 5. The number of para-hydroxylation sites is 1. The molecule has 0 spiro atoms. The van der Waals surface area contributed by atoms with E-state index in [1.54, 1.807) is 24.4 Å². The van der Waals surface area contributed by atoms with Crippen LogP contribution in [0, 0.1) is 5.21 Å². The molecule has 2 rings (SSSR count). The van der Waals surface area contributed by atoms with Gasteiger partial charge in [0.2, 0.25) is 5.28 Å². The van der Waals surface area contributed by atoms with Crippen molar-refractivity contribution in [3.8, 4) is 5.75 Å². The predicted octanol–water partition coefficient (Wildman–Crippen LogP) is 0.693. The predicted molar refractivity (Wildman–Crippen MR) is 76.4 cm³/mol. The molecule has 0 saturated carbocycles. The van der Waals surface area contributed by atoms with E-state index in [1.165, 1.54) is 5.01 Å². The van der Waals surface area contributed by atoms with Gasteiger partial charge in [-0.25, -0.2) is 0 Å². The number of aliphatic imine (C=N–C) groups is 1. The molecule has 124 valence electrons. The summed E-state index contributed by atoms with van der Waals surface area (Å²) in [5.41, 5.74) is 0.703. The van der Waals surface area contributed by atoms with Crippen LogP contribution in [0.3, 0.4) is 0 Å². The molecular weight excluding hydrogens is 333 g/mol. The summed E-state index contributed by atoms with van der Waals surface area (Å²) < 4.78 is 0. The zero-order chi connectivity index (χ0) is 15.1. The molecule has 1 aliphatic heterocycles. The minimum absolute atomic E-state index is 0. The summed E-state index contributed by atoms with van der Waals surface area (Å²) in [4.78, 5) is 6.70. The van der Waals surface area contributed by atoms with Crippen LogP contribution in [0.5, 0.6) is 5.75 Å². The van der Waals surface area contributed by atoms with Crippen LogP contribution in [0.2, 0.25) is 0 Å². The van der Waals surface area contributed by atoms with Gasteiger partial charge in [-0.3, -0.25) is 9.89 Å². The van der Waals surface area contributed by atoms with Gasteiger partial charge >= 0.3 is 0 Å². The molecule has 8 nitrogen and oxygen atoms in total. The zero-order valence-corrected chi connectivity index (χ0v) is 13.0. The average Bonchev–Trinajstić information content (AvgIpc) is 2.53. The third kappa shape index (κ3) is 5.16. The number of phenols is 1. The molecule has 1 aromatic rings. The molecule has 1 saturated heterocycles. The Morgan fingerprint density at radius 1 is 1.23 bits per heavy atom. The summed E-state index contributed by atoms with van der Waals surface area (Å²) in [6.45, 7) is 3.90. The summed E-state index contributed by atoms with van der Waals surface area (Å²) in [6.07, 6.45) is 1.66. The first kappa shape index (κ1) is 18.2. The second kappa shape index (κ2) is 9.22. The fraction of sp³-hybridized carbons (Fsp3) is 0.462. The van der Waals surface area contributed by atoms with E-state index in [2.05, 4.69) is 15.2 Å². The molecule has 1 heterocycles. The Morgan fingerprint density at radius 2 is 1.91 bits per heavy atom. The summed E-state index contributed by atoms with van der Waals surface area (Å²) in [5.74, 6) is 0.221. The van der Waals surface area contributed by atoms with Gasteiger partial charge in [0.25, 0.3) is 0 Å². The van der Waals surface area contributed by atoms with Crippen molar-refractivity contribution < 1.29 is 31.8 Å². The van der Waals surface area contributed by atoms with Gasteiger partial charge < -0.3 is 15.5 Å². The molecule has 0 radical (unpaired) electrons. The van der Waals surface area contributed by atoms with Gasteiger partial charge in [0.05, 0.1) is 24.6 Å². The molecule has 22 heavy (non-hydrogen) atoms. The largest absolute Gasteiger partial charge is 0.569 e. The molecule has 0 aliphatic carbocycles. The number of hydrazine groups is 1. The molecule has 0 bridgehead atoms. The Bertz CT molecular complexity index is 518. The Balaban J connectivity index is 0.00000242. The minimum atomic E-state index is 0. The Hall–Kier alpha value is -1.86. The third-order valence-electron chi connectivity index (χ3n) is 3.38. The van der Waals surface area contributed by atoms with Crippen LogP contribution in [0.25, 0.3) is 0 Å². The van der Waals surface area contributed by atoms with E-state index in [0.717, 1.165) is 19.6 Å². The number of hydrogen-bond donors (Lipinski definition) is 2. The maximum absolute atomic E-state index is 11.1. The van der Waals surface area contributed by atoms with Crippen LogP contribution in [-0.2, 0) is 16.5 Å². The van der Waals surface area contributed by atoms with E-state index in [-0.39, 0.29) is 27.2 Å². The summed E-state index contributed by atoms with van der Waals surface area (Å²) in [5, 5.41) is 33.1. The van der Waals surface area contributed by atoms with E-state index in [4.69, 9.17) is 5.21 Å². The van der Waals surface area contributed by atoms with Gasteiger partial charge in [-0.1, -0.05) is 12.1 Å². The van der Waals surface area contributed by atoms with Crippen molar-refractivity contribution in [1.29, 1.82) is 0 Å². The SMILES string of the molecule is [Ni].[O-]/[N+](=N\O)N1CCN(CCN=Cc2ccccc2O)CC1. The third-order valence-corrected chi connectivity index (χ3v) is 3.38. The first-order chi connectivity index (χ1) is 10.2. The molecule has 0 atom stereocenters. The van der Waals surface area contributed by atoms with E-state index in [0.29, 0.717) is 25.2 Å². The molecule has 0 amide bonds. The van der Waals surface area contributed by atoms with E-state index >= 15 is 0 Å². The first-order valence-corrected chi connectivity index (χ1v) is 6.78. The monoisotopic (exact) mass is 351 g/mol. The van der Waals surface area contributed by atoms with Gasteiger partial charge in [-0.05, 0) is 12.1 Å². The standard InChI is InChI=1S/C13H19N5O3.Ni/c19-13-4-2-1-3-12(13)11-14-5-6-16-7-9-17(10-8-16)18(21)15-20;/h1-4,11,19-20H,5-10H2;/b14-11?,18-15-;. The van der Waals surface area contributed by atoms with Crippen molar-refractivity contribution in [1.82, 2.24) is 9.91 Å². The number of rotatable bonds is 5. The number of nitrogens with zero attached hydrogens (tertiary/aromatic N) is 5. The quantitative estimate of drug-likeness (QED) is 0.267. The van der Waals surface area contributed by atoms with E-state index in [9.17, 15) is 10.3 Å². The van der Waals surface area contributed by atoms with Crippen LogP contribution >= 0.6 is 0 Å². The summed E-state index contributed by atoms with van der Waals surface area (Å²) in [7, 11) is 0. The van der Waals surface area contributed by atoms with Crippen LogP contribution < -0.4 is 0 Å². The van der Waals surface area contributed by atoms with Gasteiger partial charge in [0.1, 0.15) is 5.75 Å². The van der Waals surface area contributed by atoms with Gasteiger partial charge in [0.15, 0.2) is 0 Å². The van der Waals surface area contributed by atoms with E-state index in [1.807, 2.05) is 6.07 Å². The molecule has 1 aliphatic rings. The van der Waals surface area contributed by atoms with Crippen molar-refractivity contribution in [2.75, 3.05) is 39.3 Å². The maximum Gasteiger partial charge on any atom is 0.230 e. The van der Waals surface area contributed by atoms with Gasteiger partial charge in [-0.15, -0.1) is 5.01 Å². The van der Waals surface area contributed by atoms with Crippen LogP contribution in [-0.4, -0.2) is 70.7 Å². The average molecular weight is 352 g/mol. The Morgan fingerprint density at radius 3 is 2.55 bits per heavy atom. The molecule has 2 N–H and O–H groups in total. The van der Waals surface area contributed by atoms with Crippen molar-refractivity contribution in [3.63, 3.8) is 0 Å². The molecule has 0 unspecified atom stereocenters. The van der Waals surface area contributed by atoms with Crippen molar-refractivity contribution in [2.24, 2.45) is 10.3 Å². The number of piperazine rings is 1. The zero-order valence-electron chi connectivity index (χ0n) is 12.0. The number of phenolic OH excluding ortho intramolecular Hbond substituents is 1. The molecular formula is C13H19N5NiO3. The van der Waals surface area contributed by atoms with Gasteiger partial charge in [-0.2, -0.15) is 0 Å². The molecule has 1 aromatic carbocycles. The van der Waals surface area contributed by atoms with Crippen LogP contribution in [0.4, 0.5) is 0 Å². The van der Waals surface area contributed by atoms with Crippen LogP contribution in [0.15, 0.2) is 34.5 Å². The fourth-order valence-electron chi connectivity index (χ4n) is 2.15. The molecule has 0 aromatic heterocycles. The number of benzene rings is 1. The normalized spacial score (nSPS) is 16.7. The Labute approximate surface area is 138 Å². The van der Waals surface area contributed by atoms with E-state index < -0.39 is 0 Å². The summed E-state index contributed by atoms with van der Waals surface area (Å²) in [6, 6.07) is 7.05. The Kier molecular flexibility index (Phi) is 7.62. The first-order valence-electron chi connectivity index (χ1n) is 6.78. The van der Waals surface area contributed by atoms with Crippen molar-refractivity contribution in [2.45, 2.75) is 0 Å². The molecule has 1 fully saturated rings. The minimum Gasteiger partial charge on any atom is -0.569 e.